The van der Waals surface area contributed by atoms with Crippen molar-refractivity contribution in [1.29, 1.82) is 0 Å². The zero-order valence-electron chi connectivity index (χ0n) is 15.3. The van der Waals surface area contributed by atoms with Crippen LogP contribution < -0.4 is 10.2 Å². The molecule has 0 radical (unpaired) electrons. The number of carbonyl (C=O) groups excluding carboxylic acids is 1. The predicted molar refractivity (Wildman–Crippen MR) is 107 cm³/mol. The highest BCUT2D eigenvalue weighted by molar-refractivity contribution is 6.04. The number of benzene rings is 2. The van der Waals surface area contributed by atoms with Gasteiger partial charge in [-0.15, -0.1) is 0 Å². The highest BCUT2D eigenvalue weighted by atomic mass is 19.1. The SMILES string of the molecule is O=C(Nc1ccc(N2CCOCC2)cc1)c1ccc(-c2ccccc2F)nc1. The standard InChI is InChI=1S/C22H20FN3O2/c23-20-4-2-1-3-19(20)21-10-5-16(15-24-21)22(27)25-17-6-8-18(9-7-17)26-11-13-28-14-12-26/h1-10,15H,11-14H2,(H,25,27). The van der Waals surface area contributed by atoms with Crippen molar-refractivity contribution >= 4 is 17.3 Å². The summed E-state index contributed by atoms with van der Waals surface area (Å²) in [6.07, 6.45) is 1.46. The van der Waals surface area contributed by atoms with Crippen LogP contribution in [0.2, 0.25) is 0 Å². The first kappa shape index (κ1) is 18.1. The fourth-order valence-corrected chi connectivity index (χ4v) is 3.14. The number of morpholine rings is 1. The molecule has 0 bridgehead atoms. The summed E-state index contributed by atoms with van der Waals surface area (Å²) in [4.78, 5) is 18.9. The molecule has 1 fully saturated rings. The van der Waals surface area contributed by atoms with Crippen LogP contribution in [0.4, 0.5) is 15.8 Å². The minimum atomic E-state index is -0.340. The summed E-state index contributed by atoms with van der Waals surface area (Å²) in [6.45, 7) is 3.19. The molecule has 1 aliphatic heterocycles. The summed E-state index contributed by atoms with van der Waals surface area (Å²) in [6, 6.07) is 17.5. The van der Waals surface area contributed by atoms with E-state index in [0.717, 1.165) is 32.0 Å². The van der Waals surface area contributed by atoms with Crippen molar-refractivity contribution in [3.63, 3.8) is 0 Å². The highest BCUT2D eigenvalue weighted by Crippen LogP contribution is 2.22. The van der Waals surface area contributed by atoms with E-state index in [1.165, 1.54) is 12.3 Å². The summed E-state index contributed by atoms with van der Waals surface area (Å²) in [7, 11) is 0. The van der Waals surface area contributed by atoms with Crippen LogP contribution in [-0.2, 0) is 4.74 Å². The molecule has 0 atom stereocenters. The Hall–Kier alpha value is -3.25. The molecule has 28 heavy (non-hydrogen) atoms. The smallest absolute Gasteiger partial charge is 0.257 e. The number of nitrogens with one attached hydrogen (secondary N) is 1. The van der Waals surface area contributed by atoms with E-state index in [-0.39, 0.29) is 11.7 Å². The van der Waals surface area contributed by atoms with Crippen molar-refractivity contribution in [1.82, 2.24) is 4.98 Å². The second kappa shape index (κ2) is 8.19. The zero-order chi connectivity index (χ0) is 19.3. The summed E-state index contributed by atoms with van der Waals surface area (Å²) >= 11 is 0. The van der Waals surface area contributed by atoms with Gasteiger partial charge in [-0.3, -0.25) is 9.78 Å². The molecule has 0 saturated carbocycles. The molecule has 0 unspecified atom stereocenters. The Morgan fingerprint density at radius 1 is 1.00 bits per heavy atom. The lowest BCUT2D eigenvalue weighted by Crippen LogP contribution is -2.36. The summed E-state index contributed by atoms with van der Waals surface area (Å²) in [5, 5.41) is 2.86. The van der Waals surface area contributed by atoms with Gasteiger partial charge in [0.25, 0.3) is 5.91 Å². The third kappa shape index (κ3) is 4.02. The molecular formula is C22H20FN3O2. The number of hydrogen-bond acceptors (Lipinski definition) is 4. The maximum atomic E-state index is 13.9. The van der Waals surface area contributed by atoms with E-state index in [4.69, 9.17) is 4.74 Å². The van der Waals surface area contributed by atoms with Crippen LogP contribution >= 0.6 is 0 Å². The van der Waals surface area contributed by atoms with Crippen molar-refractivity contribution in [2.75, 3.05) is 36.5 Å². The summed E-state index contributed by atoms with van der Waals surface area (Å²) in [5.41, 5.74) is 3.13. The number of rotatable bonds is 4. The second-order valence-electron chi connectivity index (χ2n) is 6.51. The van der Waals surface area contributed by atoms with Crippen molar-refractivity contribution in [2.24, 2.45) is 0 Å². The molecule has 3 aromatic rings. The van der Waals surface area contributed by atoms with Crippen molar-refractivity contribution in [3.8, 4) is 11.3 Å². The van der Waals surface area contributed by atoms with Gasteiger partial charge in [0.2, 0.25) is 0 Å². The van der Waals surface area contributed by atoms with Crippen LogP contribution in [0.3, 0.4) is 0 Å². The van der Waals surface area contributed by atoms with Crippen molar-refractivity contribution < 1.29 is 13.9 Å². The minimum absolute atomic E-state index is 0.258. The molecule has 1 aromatic heterocycles. The maximum Gasteiger partial charge on any atom is 0.257 e. The summed E-state index contributed by atoms with van der Waals surface area (Å²) < 4.78 is 19.2. The Morgan fingerprint density at radius 2 is 1.75 bits per heavy atom. The third-order valence-corrected chi connectivity index (χ3v) is 4.68. The largest absolute Gasteiger partial charge is 0.378 e. The molecule has 0 aliphatic carbocycles. The maximum absolute atomic E-state index is 13.9. The normalized spacial score (nSPS) is 14.0. The van der Waals surface area contributed by atoms with Gasteiger partial charge in [0.05, 0.1) is 24.5 Å². The fourth-order valence-electron chi connectivity index (χ4n) is 3.14. The van der Waals surface area contributed by atoms with E-state index in [1.807, 2.05) is 24.3 Å². The van der Waals surface area contributed by atoms with Gasteiger partial charge in [-0.25, -0.2) is 4.39 Å². The fraction of sp³-hybridized carbons (Fsp3) is 0.182. The molecule has 142 valence electrons. The number of aromatic nitrogens is 1. The van der Waals surface area contributed by atoms with E-state index < -0.39 is 0 Å². The second-order valence-corrected chi connectivity index (χ2v) is 6.51. The van der Waals surface area contributed by atoms with E-state index >= 15 is 0 Å². The highest BCUT2D eigenvalue weighted by Gasteiger charge is 2.12. The molecule has 1 saturated heterocycles. The molecule has 1 N–H and O–H groups in total. The van der Waals surface area contributed by atoms with Gasteiger partial charge in [-0.1, -0.05) is 12.1 Å². The Bertz CT molecular complexity index is 952. The van der Waals surface area contributed by atoms with Crippen molar-refractivity contribution in [2.45, 2.75) is 0 Å². The molecule has 2 heterocycles. The molecule has 0 spiro atoms. The minimum Gasteiger partial charge on any atom is -0.378 e. The third-order valence-electron chi connectivity index (χ3n) is 4.68. The number of amides is 1. The van der Waals surface area contributed by atoms with Gasteiger partial charge in [0.15, 0.2) is 0 Å². The van der Waals surface area contributed by atoms with E-state index in [9.17, 15) is 9.18 Å². The van der Waals surface area contributed by atoms with Crippen molar-refractivity contribution in [3.05, 3.63) is 78.2 Å². The first-order chi connectivity index (χ1) is 13.7. The number of carbonyl (C=O) groups is 1. The van der Waals surface area contributed by atoms with Gasteiger partial charge in [0.1, 0.15) is 5.82 Å². The zero-order valence-corrected chi connectivity index (χ0v) is 15.3. The molecule has 4 rings (SSSR count). The van der Waals surface area contributed by atoms with Gasteiger partial charge in [-0.05, 0) is 48.5 Å². The number of ether oxygens (including phenoxy) is 1. The van der Waals surface area contributed by atoms with Gasteiger partial charge < -0.3 is 15.0 Å². The molecule has 1 amide bonds. The lowest BCUT2D eigenvalue weighted by molar-refractivity contribution is 0.102. The van der Waals surface area contributed by atoms with E-state index in [2.05, 4.69) is 15.2 Å². The van der Waals surface area contributed by atoms with Crippen LogP contribution in [0.15, 0.2) is 66.9 Å². The van der Waals surface area contributed by atoms with Gasteiger partial charge in [0, 0.05) is 36.2 Å². The van der Waals surface area contributed by atoms with E-state index in [0.29, 0.717) is 22.5 Å². The number of anilines is 2. The lowest BCUT2D eigenvalue weighted by atomic mass is 10.1. The first-order valence-corrected chi connectivity index (χ1v) is 9.16. The number of halogens is 1. The quantitative estimate of drug-likeness (QED) is 0.747. The monoisotopic (exact) mass is 377 g/mol. The van der Waals surface area contributed by atoms with Gasteiger partial charge >= 0.3 is 0 Å². The van der Waals surface area contributed by atoms with Crippen LogP contribution in [-0.4, -0.2) is 37.2 Å². The van der Waals surface area contributed by atoms with Crippen LogP contribution in [0.1, 0.15) is 10.4 Å². The Kier molecular flexibility index (Phi) is 5.30. The molecule has 2 aromatic carbocycles. The Labute approximate surface area is 162 Å². The van der Waals surface area contributed by atoms with Crippen LogP contribution in [0.25, 0.3) is 11.3 Å². The molecule has 6 heteroatoms. The number of nitrogens with zero attached hydrogens (tertiary/aromatic N) is 2. The van der Waals surface area contributed by atoms with Gasteiger partial charge in [-0.2, -0.15) is 0 Å². The average molecular weight is 377 g/mol. The van der Waals surface area contributed by atoms with Crippen LogP contribution in [0.5, 0.6) is 0 Å². The predicted octanol–water partition coefficient (Wildman–Crippen LogP) is 3.98. The van der Waals surface area contributed by atoms with Crippen LogP contribution in [0, 0.1) is 5.82 Å². The lowest BCUT2D eigenvalue weighted by Gasteiger charge is -2.28. The molecular weight excluding hydrogens is 357 g/mol. The number of pyridine rings is 1. The average Bonchev–Trinajstić information content (AvgIpc) is 2.75. The molecule has 1 aliphatic rings. The topological polar surface area (TPSA) is 54.5 Å². The van der Waals surface area contributed by atoms with E-state index in [1.54, 1.807) is 30.3 Å². The number of hydrogen-bond donors (Lipinski definition) is 1. The Morgan fingerprint density at radius 3 is 2.43 bits per heavy atom. The first-order valence-electron chi connectivity index (χ1n) is 9.16. The Balaban J connectivity index is 1.43. The molecule has 5 nitrogen and oxygen atoms in total. The summed E-state index contributed by atoms with van der Waals surface area (Å²) in [5.74, 6) is -0.598.